The van der Waals surface area contributed by atoms with Crippen LogP contribution in [0.5, 0.6) is 5.75 Å². The number of hydrogen-bond donors (Lipinski definition) is 0. The van der Waals surface area contributed by atoms with Crippen LogP contribution in [-0.2, 0) is 4.74 Å². The number of ether oxygens (including phenoxy) is 2. The van der Waals surface area contributed by atoms with Crippen molar-refractivity contribution >= 4 is 18.0 Å². The van der Waals surface area contributed by atoms with E-state index in [0.717, 1.165) is 0 Å². The molecule has 0 amide bonds. The summed E-state index contributed by atoms with van der Waals surface area (Å²) in [6, 6.07) is 0. The first-order chi connectivity index (χ1) is 7.46. The minimum Gasteiger partial charge on any atom is -0.484 e. The van der Waals surface area contributed by atoms with Gasteiger partial charge in [0.2, 0.25) is 0 Å². The van der Waals surface area contributed by atoms with Gasteiger partial charge in [-0.05, 0) is 20.8 Å². The average molecular weight is 222 g/mol. The van der Waals surface area contributed by atoms with Crippen LogP contribution in [0, 0.1) is 0 Å². The second kappa shape index (κ2) is 3.66. The number of aromatic nitrogens is 1. The van der Waals surface area contributed by atoms with E-state index in [1.807, 2.05) is 20.8 Å². The Kier molecular flexibility index (Phi) is 2.46. The SMILES string of the molecule is CC(C)(C)OC(=O)n1cc2c(c1)OCC=N2. The molecule has 0 aromatic carbocycles. The molecule has 0 saturated carbocycles. The minimum atomic E-state index is -0.508. The lowest BCUT2D eigenvalue weighted by Gasteiger charge is -2.19. The number of hydrogen-bond acceptors (Lipinski definition) is 4. The molecule has 0 radical (unpaired) electrons. The molecular weight excluding hydrogens is 208 g/mol. The van der Waals surface area contributed by atoms with E-state index < -0.39 is 11.7 Å². The zero-order valence-electron chi connectivity index (χ0n) is 9.56. The van der Waals surface area contributed by atoms with Gasteiger partial charge in [0, 0.05) is 12.4 Å². The van der Waals surface area contributed by atoms with E-state index in [1.54, 1.807) is 18.6 Å². The number of nitrogens with zero attached hydrogens (tertiary/aromatic N) is 2. The van der Waals surface area contributed by atoms with Crippen LogP contribution < -0.4 is 4.74 Å². The van der Waals surface area contributed by atoms with Crippen LogP contribution in [0.4, 0.5) is 10.5 Å². The molecule has 1 aliphatic rings. The topological polar surface area (TPSA) is 52.8 Å². The van der Waals surface area contributed by atoms with Gasteiger partial charge in [0.25, 0.3) is 0 Å². The second-order valence-electron chi connectivity index (χ2n) is 4.52. The standard InChI is InChI=1S/C11H14N2O3/c1-11(2,3)16-10(14)13-6-8-9(7-13)15-5-4-12-8/h4,6-7H,5H2,1-3H3. The third kappa shape index (κ3) is 2.24. The zero-order chi connectivity index (χ0) is 11.8. The van der Waals surface area contributed by atoms with E-state index in [-0.39, 0.29) is 0 Å². The maximum atomic E-state index is 11.7. The number of carbonyl (C=O) groups is 1. The molecule has 0 fully saturated rings. The van der Waals surface area contributed by atoms with E-state index in [9.17, 15) is 4.79 Å². The van der Waals surface area contributed by atoms with Crippen LogP contribution in [0.15, 0.2) is 17.4 Å². The van der Waals surface area contributed by atoms with E-state index in [1.165, 1.54) is 4.57 Å². The summed E-state index contributed by atoms with van der Waals surface area (Å²) in [7, 11) is 0. The van der Waals surface area contributed by atoms with E-state index >= 15 is 0 Å². The van der Waals surface area contributed by atoms with Gasteiger partial charge in [0.05, 0.1) is 6.20 Å². The van der Waals surface area contributed by atoms with Gasteiger partial charge in [-0.3, -0.25) is 9.56 Å². The first kappa shape index (κ1) is 10.7. The second-order valence-corrected chi connectivity index (χ2v) is 4.52. The van der Waals surface area contributed by atoms with Crippen LogP contribution in [0.3, 0.4) is 0 Å². The molecule has 2 heterocycles. The minimum absolute atomic E-state index is 0.430. The lowest BCUT2D eigenvalue weighted by atomic mass is 10.2. The van der Waals surface area contributed by atoms with Gasteiger partial charge in [-0.2, -0.15) is 0 Å². The molecule has 0 saturated heterocycles. The molecule has 0 N–H and O–H groups in total. The Morgan fingerprint density at radius 1 is 1.50 bits per heavy atom. The molecule has 86 valence electrons. The molecule has 16 heavy (non-hydrogen) atoms. The fourth-order valence-electron chi connectivity index (χ4n) is 1.32. The number of rotatable bonds is 0. The molecule has 0 atom stereocenters. The van der Waals surface area contributed by atoms with Crippen molar-refractivity contribution in [3.63, 3.8) is 0 Å². The van der Waals surface area contributed by atoms with Gasteiger partial charge < -0.3 is 9.47 Å². The normalized spacial score (nSPS) is 14.2. The number of aliphatic imine (C=N–C) groups is 1. The van der Waals surface area contributed by atoms with Gasteiger partial charge >= 0.3 is 6.09 Å². The van der Waals surface area contributed by atoms with Crippen LogP contribution in [0.25, 0.3) is 0 Å². The Morgan fingerprint density at radius 3 is 2.88 bits per heavy atom. The Morgan fingerprint density at radius 2 is 2.25 bits per heavy atom. The summed E-state index contributed by atoms with van der Waals surface area (Å²) in [5, 5.41) is 0. The van der Waals surface area contributed by atoms with Crippen molar-refractivity contribution in [3.8, 4) is 5.75 Å². The summed E-state index contributed by atoms with van der Waals surface area (Å²) in [6.07, 6.45) is 4.40. The molecule has 0 aliphatic carbocycles. The highest BCUT2D eigenvalue weighted by Gasteiger charge is 2.20. The summed E-state index contributed by atoms with van der Waals surface area (Å²) in [4.78, 5) is 15.8. The predicted octanol–water partition coefficient (Wildman–Crippen LogP) is 2.37. The maximum Gasteiger partial charge on any atom is 0.418 e. The molecule has 1 aromatic rings. The molecule has 5 nitrogen and oxygen atoms in total. The lowest BCUT2D eigenvalue weighted by molar-refractivity contribution is 0.0536. The summed E-state index contributed by atoms with van der Waals surface area (Å²) >= 11 is 0. The van der Waals surface area contributed by atoms with Crippen molar-refractivity contribution in [1.82, 2.24) is 4.57 Å². The summed E-state index contributed by atoms with van der Waals surface area (Å²) < 4.78 is 11.9. The molecule has 1 aromatic heterocycles. The van der Waals surface area contributed by atoms with Crippen LogP contribution in [0.2, 0.25) is 0 Å². The molecule has 0 unspecified atom stereocenters. The van der Waals surface area contributed by atoms with E-state index in [4.69, 9.17) is 9.47 Å². The highest BCUT2D eigenvalue weighted by atomic mass is 16.6. The highest BCUT2D eigenvalue weighted by Crippen LogP contribution is 2.30. The Bertz CT molecular complexity index is 441. The lowest BCUT2D eigenvalue weighted by Crippen LogP contribution is -2.26. The van der Waals surface area contributed by atoms with E-state index in [2.05, 4.69) is 4.99 Å². The predicted molar refractivity (Wildman–Crippen MR) is 59.7 cm³/mol. The summed E-state index contributed by atoms with van der Waals surface area (Å²) in [5.41, 5.74) is 0.142. The first-order valence-corrected chi connectivity index (χ1v) is 5.06. The van der Waals surface area contributed by atoms with Gasteiger partial charge in [-0.25, -0.2) is 4.79 Å². The average Bonchev–Trinajstić information content (AvgIpc) is 2.58. The van der Waals surface area contributed by atoms with Crippen LogP contribution in [0.1, 0.15) is 20.8 Å². The quantitative estimate of drug-likeness (QED) is 0.677. The van der Waals surface area contributed by atoms with Gasteiger partial charge in [-0.1, -0.05) is 0 Å². The Hall–Kier alpha value is -1.78. The fourth-order valence-corrected chi connectivity index (χ4v) is 1.32. The van der Waals surface area contributed by atoms with Crippen molar-refractivity contribution in [2.24, 2.45) is 4.99 Å². The number of carbonyl (C=O) groups excluding carboxylic acids is 1. The third-order valence-corrected chi connectivity index (χ3v) is 1.92. The fraction of sp³-hybridized carbons (Fsp3) is 0.455. The van der Waals surface area contributed by atoms with Crippen LogP contribution >= 0.6 is 0 Å². The molecule has 2 rings (SSSR count). The Balaban J connectivity index is 2.19. The highest BCUT2D eigenvalue weighted by molar-refractivity contribution is 5.77. The third-order valence-electron chi connectivity index (χ3n) is 1.92. The number of fused-ring (bicyclic) bond motifs is 1. The summed E-state index contributed by atoms with van der Waals surface area (Å²) in [6.45, 7) is 5.90. The molecule has 0 spiro atoms. The van der Waals surface area contributed by atoms with Gasteiger partial charge in [0.1, 0.15) is 17.9 Å². The maximum absolute atomic E-state index is 11.7. The van der Waals surface area contributed by atoms with E-state index in [0.29, 0.717) is 18.0 Å². The Labute approximate surface area is 93.7 Å². The van der Waals surface area contributed by atoms with Crippen LogP contribution in [-0.4, -0.2) is 29.1 Å². The van der Waals surface area contributed by atoms with Crippen molar-refractivity contribution in [2.75, 3.05) is 6.61 Å². The first-order valence-electron chi connectivity index (χ1n) is 5.06. The molecular formula is C11H14N2O3. The zero-order valence-corrected chi connectivity index (χ0v) is 9.56. The van der Waals surface area contributed by atoms with Crippen molar-refractivity contribution in [3.05, 3.63) is 12.4 Å². The van der Waals surface area contributed by atoms with Gasteiger partial charge in [0.15, 0.2) is 5.75 Å². The van der Waals surface area contributed by atoms with Gasteiger partial charge in [-0.15, -0.1) is 0 Å². The van der Waals surface area contributed by atoms with Crippen molar-refractivity contribution in [2.45, 2.75) is 26.4 Å². The molecule has 5 heteroatoms. The summed E-state index contributed by atoms with van der Waals surface area (Å²) in [5.74, 6) is 0.605. The van der Waals surface area contributed by atoms with Crippen molar-refractivity contribution < 1.29 is 14.3 Å². The molecule has 1 aliphatic heterocycles. The van der Waals surface area contributed by atoms with Crippen molar-refractivity contribution in [1.29, 1.82) is 0 Å². The monoisotopic (exact) mass is 222 g/mol. The molecule has 0 bridgehead atoms. The smallest absolute Gasteiger partial charge is 0.418 e. The largest absolute Gasteiger partial charge is 0.484 e.